The van der Waals surface area contributed by atoms with Gasteiger partial charge in [0.15, 0.2) is 11.5 Å². The van der Waals surface area contributed by atoms with Crippen molar-refractivity contribution in [3.05, 3.63) is 53.9 Å². The molecule has 2 aromatic carbocycles. The number of carbonyl (C=O) groups is 1. The molecular formula is C16H15N3O5S. The summed E-state index contributed by atoms with van der Waals surface area (Å²) in [5, 5.41) is 2.73. The van der Waals surface area contributed by atoms with E-state index in [1.807, 2.05) is 4.89 Å². The number of amides is 1. The Hall–Kier alpha value is -2.75. The van der Waals surface area contributed by atoms with Crippen LogP contribution in [0.2, 0.25) is 0 Å². The summed E-state index contributed by atoms with van der Waals surface area (Å²) >= 11 is 0. The lowest BCUT2D eigenvalue weighted by Gasteiger charge is -2.07. The number of benzene rings is 2. The van der Waals surface area contributed by atoms with Crippen molar-refractivity contribution in [3.8, 4) is 0 Å². The van der Waals surface area contributed by atoms with E-state index in [-0.39, 0.29) is 10.8 Å². The lowest BCUT2D eigenvalue weighted by atomic mass is 10.2. The number of nitrogens with zero attached hydrogens (tertiary/aromatic N) is 1. The number of rotatable bonds is 5. The Labute approximate surface area is 143 Å². The molecule has 8 nitrogen and oxygen atoms in total. The molecule has 0 aliphatic carbocycles. The second-order valence-electron chi connectivity index (χ2n) is 5.18. The van der Waals surface area contributed by atoms with Crippen LogP contribution in [0, 0.1) is 6.92 Å². The van der Waals surface area contributed by atoms with E-state index in [2.05, 4.69) is 15.1 Å². The molecule has 1 amide bonds. The van der Waals surface area contributed by atoms with Crippen molar-refractivity contribution in [3.63, 3.8) is 0 Å². The summed E-state index contributed by atoms with van der Waals surface area (Å²) in [6.45, 7) is 1.74. The molecule has 0 unspecified atom stereocenters. The molecule has 0 fully saturated rings. The van der Waals surface area contributed by atoms with Crippen LogP contribution in [0.15, 0.2) is 51.8 Å². The second-order valence-corrected chi connectivity index (χ2v) is 6.83. The van der Waals surface area contributed by atoms with Crippen LogP contribution >= 0.6 is 0 Å². The minimum absolute atomic E-state index is 0.00890. The highest BCUT2D eigenvalue weighted by molar-refractivity contribution is 7.89. The molecule has 1 heterocycles. The predicted molar refractivity (Wildman–Crippen MR) is 90.5 cm³/mol. The minimum Gasteiger partial charge on any atom is -0.441 e. The number of anilines is 1. The number of oxazole rings is 1. The number of carbonyl (C=O) groups excluding carboxylic acids is 1. The molecule has 25 heavy (non-hydrogen) atoms. The third kappa shape index (κ3) is 3.68. The van der Waals surface area contributed by atoms with Crippen LogP contribution in [0.25, 0.3) is 11.1 Å². The average Bonchev–Trinajstić information content (AvgIpc) is 2.94. The van der Waals surface area contributed by atoms with E-state index in [0.29, 0.717) is 28.2 Å². The van der Waals surface area contributed by atoms with Gasteiger partial charge in [0.2, 0.25) is 0 Å². The number of hydrogen-bond donors (Lipinski definition) is 2. The van der Waals surface area contributed by atoms with E-state index in [1.165, 1.54) is 31.4 Å². The van der Waals surface area contributed by atoms with Crippen LogP contribution in [0.5, 0.6) is 0 Å². The molecule has 0 bridgehead atoms. The predicted octanol–water partition coefficient (Wildman–Crippen LogP) is 2.23. The van der Waals surface area contributed by atoms with Crippen molar-refractivity contribution in [2.75, 3.05) is 12.4 Å². The molecule has 0 atom stereocenters. The van der Waals surface area contributed by atoms with Crippen LogP contribution in [-0.2, 0) is 14.9 Å². The first-order chi connectivity index (χ1) is 11.9. The fourth-order valence-corrected chi connectivity index (χ4v) is 3.08. The molecule has 0 saturated carbocycles. The number of sulfonamides is 1. The van der Waals surface area contributed by atoms with E-state index in [4.69, 9.17) is 4.42 Å². The van der Waals surface area contributed by atoms with Crippen LogP contribution in [0.1, 0.15) is 16.2 Å². The van der Waals surface area contributed by atoms with E-state index in [9.17, 15) is 13.2 Å². The van der Waals surface area contributed by atoms with E-state index >= 15 is 0 Å². The smallest absolute Gasteiger partial charge is 0.262 e. The van der Waals surface area contributed by atoms with Gasteiger partial charge in [-0.15, -0.1) is 0 Å². The van der Waals surface area contributed by atoms with Gasteiger partial charge in [-0.3, -0.25) is 9.63 Å². The van der Waals surface area contributed by atoms with Gasteiger partial charge in [0.25, 0.3) is 15.9 Å². The van der Waals surface area contributed by atoms with Gasteiger partial charge in [-0.05, 0) is 42.5 Å². The van der Waals surface area contributed by atoms with Gasteiger partial charge in [0.05, 0.1) is 12.0 Å². The van der Waals surface area contributed by atoms with Gasteiger partial charge < -0.3 is 9.73 Å². The van der Waals surface area contributed by atoms with E-state index < -0.39 is 10.0 Å². The van der Waals surface area contributed by atoms with Crippen molar-refractivity contribution >= 4 is 32.7 Å². The van der Waals surface area contributed by atoms with Crippen molar-refractivity contribution in [1.29, 1.82) is 0 Å². The first-order valence-electron chi connectivity index (χ1n) is 7.22. The van der Waals surface area contributed by atoms with Crippen LogP contribution in [0.3, 0.4) is 0 Å². The Morgan fingerprint density at radius 2 is 1.88 bits per heavy atom. The first-order valence-corrected chi connectivity index (χ1v) is 8.71. The number of fused-ring (bicyclic) bond motifs is 1. The summed E-state index contributed by atoms with van der Waals surface area (Å²) in [6.07, 6.45) is 0. The van der Waals surface area contributed by atoms with Gasteiger partial charge in [-0.1, -0.05) is 4.89 Å². The number of nitrogens with one attached hydrogen (secondary N) is 2. The lowest BCUT2D eigenvalue weighted by molar-refractivity contribution is 0.102. The fourth-order valence-electron chi connectivity index (χ4n) is 2.27. The zero-order valence-corrected chi connectivity index (χ0v) is 14.3. The maximum absolute atomic E-state index is 12.3. The van der Waals surface area contributed by atoms with E-state index in [1.54, 1.807) is 25.1 Å². The molecule has 0 saturated heterocycles. The lowest BCUT2D eigenvalue weighted by Crippen LogP contribution is -2.22. The summed E-state index contributed by atoms with van der Waals surface area (Å²) in [4.78, 5) is 22.8. The van der Waals surface area contributed by atoms with Crippen molar-refractivity contribution in [2.45, 2.75) is 11.8 Å². The number of aromatic nitrogens is 1. The molecule has 1 aromatic heterocycles. The Balaban J connectivity index is 1.78. The molecule has 3 rings (SSSR count). The first kappa shape index (κ1) is 17.1. The normalized spacial score (nSPS) is 11.6. The average molecular weight is 361 g/mol. The minimum atomic E-state index is -3.76. The van der Waals surface area contributed by atoms with Gasteiger partial charge in [0.1, 0.15) is 5.52 Å². The third-order valence-electron chi connectivity index (χ3n) is 3.37. The molecule has 0 aliphatic rings. The molecule has 9 heteroatoms. The Kier molecular flexibility index (Phi) is 4.53. The highest BCUT2D eigenvalue weighted by atomic mass is 32.2. The quantitative estimate of drug-likeness (QED) is 0.674. The van der Waals surface area contributed by atoms with Gasteiger partial charge >= 0.3 is 0 Å². The monoisotopic (exact) mass is 361 g/mol. The molecular weight excluding hydrogens is 346 g/mol. The van der Waals surface area contributed by atoms with Crippen LogP contribution < -0.4 is 10.2 Å². The van der Waals surface area contributed by atoms with Gasteiger partial charge in [-0.2, -0.15) is 0 Å². The van der Waals surface area contributed by atoms with Crippen LogP contribution in [0.4, 0.5) is 5.69 Å². The maximum Gasteiger partial charge on any atom is 0.262 e. The van der Waals surface area contributed by atoms with E-state index in [0.717, 1.165) is 0 Å². The topological polar surface area (TPSA) is 111 Å². The maximum atomic E-state index is 12.3. The number of aryl methyl sites for hydroxylation is 1. The zero-order chi connectivity index (χ0) is 18.0. The Morgan fingerprint density at radius 1 is 1.16 bits per heavy atom. The second kappa shape index (κ2) is 6.63. The van der Waals surface area contributed by atoms with Crippen molar-refractivity contribution in [2.24, 2.45) is 0 Å². The SMILES string of the molecule is CONS(=O)(=O)c1ccc(C(=O)Nc2ccc3oc(C)nc3c2)cc1. The zero-order valence-electron chi connectivity index (χ0n) is 13.4. The van der Waals surface area contributed by atoms with Crippen molar-refractivity contribution < 1.29 is 22.5 Å². The number of hydrogen-bond acceptors (Lipinski definition) is 6. The highest BCUT2D eigenvalue weighted by Gasteiger charge is 2.15. The standard InChI is InChI=1S/C16H15N3O5S/c1-10-17-14-9-12(5-8-15(14)24-10)18-16(20)11-3-6-13(7-4-11)25(21,22)19-23-2/h3-9,19H,1-2H3,(H,18,20). The molecule has 3 aromatic rings. The largest absolute Gasteiger partial charge is 0.441 e. The summed E-state index contributed by atoms with van der Waals surface area (Å²) in [6, 6.07) is 10.6. The molecule has 0 spiro atoms. The Bertz CT molecular complexity index is 1030. The Morgan fingerprint density at radius 3 is 2.56 bits per heavy atom. The molecule has 130 valence electrons. The van der Waals surface area contributed by atoms with Crippen LogP contribution in [-0.4, -0.2) is 26.4 Å². The van der Waals surface area contributed by atoms with Gasteiger partial charge in [0, 0.05) is 18.2 Å². The summed E-state index contributed by atoms with van der Waals surface area (Å²) in [5.74, 6) is 0.170. The fraction of sp³-hybridized carbons (Fsp3) is 0.125. The summed E-state index contributed by atoms with van der Waals surface area (Å²) in [7, 11) is -2.56. The third-order valence-corrected chi connectivity index (χ3v) is 4.65. The molecule has 0 aliphatic heterocycles. The summed E-state index contributed by atoms with van der Waals surface area (Å²) in [5.41, 5.74) is 2.15. The van der Waals surface area contributed by atoms with Gasteiger partial charge in [-0.25, -0.2) is 13.4 Å². The molecule has 2 N–H and O–H groups in total. The molecule has 0 radical (unpaired) electrons. The summed E-state index contributed by atoms with van der Waals surface area (Å²) < 4.78 is 28.9. The van der Waals surface area contributed by atoms with Crippen molar-refractivity contribution in [1.82, 2.24) is 9.87 Å². The highest BCUT2D eigenvalue weighted by Crippen LogP contribution is 2.20.